The van der Waals surface area contributed by atoms with E-state index in [4.69, 9.17) is 0 Å². The molecule has 1 aliphatic rings. The molecule has 21 heavy (non-hydrogen) atoms. The second-order valence-corrected chi connectivity index (χ2v) is 6.60. The molecule has 0 atom stereocenters. The van der Waals surface area contributed by atoms with Crippen molar-refractivity contribution in [1.29, 1.82) is 0 Å². The lowest BCUT2D eigenvalue weighted by Crippen LogP contribution is -1.85. The molecule has 1 rings (SSSR count). The predicted octanol–water partition coefficient (Wildman–Crippen LogP) is 8.68. The summed E-state index contributed by atoms with van der Waals surface area (Å²) in [5.41, 5.74) is 0. The van der Waals surface area contributed by atoms with Gasteiger partial charge in [0.25, 0.3) is 0 Å². The fourth-order valence-electron chi connectivity index (χ4n) is 2.59. The zero-order valence-electron chi connectivity index (χ0n) is 16.0. The maximum Gasteiger partial charge on any atom is -0.0533 e. The topological polar surface area (TPSA) is 0 Å². The molecule has 130 valence electrons. The minimum absolute atomic E-state index is 1.36. The summed E-state index contributed by atoms with van der Waals surface area (Å²) in [4.78, 5) is 0. The minimum atomic E-state index is 1.36. The van der Waals surface area contributed by atoms with E-state index in [1.54, 1.807) is 0 Å². The largest absolute Gasteiger partial charge is 0.0654 e. The number of rotatable bonds is 9. The highest BCUT2D eigenvalue weighted by Gasteiger charge is 1.95. The first-order valence-corrected chi connectivity index (χ1v) is 10.3. The Labute approximate surface area is 137 Å². The first kappa shape index (κ1) is 23.3. The third-order valence-electron chi connectivity index (χ3n) is 4.16. The van der Waals surface area contributed by atoms with E-state index in [1.165, 1.54) is 109 Å². The molecule has 0 heterocycles. The third-order valence-corrected chi connectivity index (χ3v) is 4.16. The predicted molar refractivity (Wildman–Crippen MR) is 101 cm³/mol. The summed E-state index contributed by atoms with van der Waals surface area (Å²) in [6.45, 7) is 9.00. The quantitative estimate of drug-likeness (QED) is 0.373. The van der Waals surface area contributed by atoms with Crippen molar-refractivity contribution >= 4 is 0 Å². The van der Waals surface area contributed by atoms with Gasteiger partial charge in [-0.15, -0.1) is 0 Å². The van der Waals surface area contributed by atoms with Crippen molar-refractivity contribution in [1.82, 2.24) is 0 Å². The summed E-state index contributed by atoms with van der Waals surface area (Å²) < 4.78 is 0. The van der Waals surface area contributed by atoms with Gasteiger partial charge < -0.3 is 0 Å². The molecule has 1 fully saturated rings. The van der Waals surface area contributed by atoms with Crippen molar-refractivity contribution in [3.8, 4) is 0 Å². The zero-order valence-corrected chi connectivity index (χ0v) is 16.0. The standard InChI is InChI=1S/C8H18.C7H16.C6H12/c1-3-5-7-8-6-4-2;1-3-5-7-6-4-2;1-2-4-6-5-3-1/h3-8H2,1-2H3;3-7H2,1-2H3;1-6H2. The number of hydrogen-bond acceptors (Lipinski definition) is 0. The molecular weight excluding hydrogens is 252 g/mol. The first-order chi connectivity index (χ1) is 10.3. The van der Waals surface area contributed by atoms with E-state index in [1.807, 2.05) is 0 Å². The molecule has 0 radical (unpaired) electrons. The molecule has 0 bridgehead atoms. The van der Waals surface area contributed by atoms with Crippen LogP contribution in [0.15, 0.2) is 0 Å². The molecule has 0 saturated heterocycles. The van der Waals surface area contributed by atoms with Crippen LogP contribution in [0, 0.1) is 0 Å². The molecule has 0 spiro atoms. The van der Waals surface area contributed by atoms with Crippen LogP contribution in [0.25, 0.3) is 0 Å². The summed E-state index contributed by atoms with van der Waals surface area (Å²) in [7, 11) is 0. The highest BCUT2D eigenvalue weighted by Crippen LogP contribution is 2.15. The smallest absolute Gasteiger partial charge is 0.0533 e. The van der Waals surface area contributed by atoms with Crippen LogP contribution in [-0.4, -0.2) is 0 Å². The Kier molecular flexibility index (Phi) is 27.7. The second kappa shape index (κ2) is 25.0. The molecule has 0 amide bonds. The average Bonchev–Trinajstić information content (AvgIpc) is 2.55. The molecule has 0 aliphatic heterocycles. The molecule has 0 heteroatoms. The summed E-state index contributed by atoms with van der Waals surface area (Å²) in [6.07, 6.45) is 24.5. The van der Waals surface area contributed by atoms with E-state index in [2.05, 4.69) is 27.7 Å². The van der Waals surface area contributed by atoms with Gasteiger partial charge in [-0.3, -0.25) is 0 Å². The van der Waals surface area contributed by atoms with Crippen molar-refractivity contribution in [2.45, 2.75) is 137 Å². The Morgan fingerprint density at radius 1 is 0.333 bits per heavy atom. The van der Waals surface area contributed by atoms with Gasteiger partial charge in [0, 0.05) is 0 Å². The Morgan fingerprint density at radius 2 is 0.524 bits per heavy atom. The Morgan fingerprint density at radius 3 is 0.714 bits per heavy atom. The van der Waals surface area contributed by atoms with Crippen LogP contribution in [0.5, 0.6) is 0 Å². The van der Waals surface area contributed by atoms with Gasteiger partial charge in [0.2, 0.25) is 0 Å². The van der Waals surface area contributed by atoms with E-state index in [-0.39, 0.29) is 0 Å². The van der Waals surface area contributed by atoms with Crippen LogP contribution in [0.3, 0.4) is 0 Å². The van der Waals surface area contributed by atoms with Gasteiger partial charge in [-0.25, -0.2) is 0 Å². The van der Waals surface area contributed by atoms with Crippen LogP contribution < -0.4 is 0 Å². The van der Waals surface area contributed by atoms with Crippen LogP contribution in [0.1, 0.15) is 137 Å². The Hall–Kier alpha value is 0. The van der Waals surface area contributed by atoms with Crippen molar-refractivity contribution in [3.63, 3.8) is 0 Å². The summed E-state index contributed by atoms with van der Waals surface area (Å²) in [5, 5.41) is 0. The van der Waals surface area contributed by atoms with E-state index in [0.717, 1.165) is 0 Å². The summed E-state index contributed by atoms with van der Waals surface area (Å²) in [6, 6.07) is 0. The van der Waals surface area contributed by atoms with Crippen LogP contribution >= 0.6 is 0 Å². The lowest BCUT2D eigenvalue weighted by molar-refractivity contribution is 0.504. The van der Waals surface area contributed by atoms with Crippen molar-refractivity contribution in [2.24, 2.45) is 0 Å². The summed E-state index contributed by atoms with van der Waals surface area (Å²) >= 11 is 0. The number of unbranched alkanes of at least 4 members (excludes halogenated alkanes) is 9. The first-order valence-electron chi connectivity index (χ1n) is 10.3. The maximum atomic E-state index is 2.26. The fraction of sp³-hybridized carbons (Fsp3) is 1.00. The van der Waals surface area contributed by atoms with Gasteiger partial charge in [-0.05, 0) is 0 Å². The van der Waals surface area contributed by atoms with Crippen molar-refractivity contribution < 1.29 is 0 Å². The highest BCUT2D eigenvalue weighted by molar-refractivity contribution is 4.51. The normalized spacial score (nSPS) is 13.7. The molecule has 1 aliphatic carbocycles. The van der Waals surface area contributed by atoms with Gasteiger partial charge in [0.15, 0.2) is 0 Å². The maximum absolute atomic E-state index is 2.26. The van der Waals surface area contributed by atoms with E-state index >= 15 is 0 Å². The van der Waals surface area contributed by atoms with E-state index in [0.29, 0.717) is 0 Å². The Balaban J connectivity index is 0. The second-order valence-electron chi connectivity index (χ2n) is 6.60. The van der Waals surface area contributed by atoms with Crippen molar-refractivity contribution in [2.75, 3.05) is 0 Å². The molecule has 0 aromatic carbocycles. The average molecular weight is 299 g/mol. The molecule has 0 nitrogen and oxygen atoms in total. The van der Waals surface area contributed by atoms with E-state index in [9.17, 15) is 0 Å². The SMILES string of the molecule is C1CCCCC1.CCCCCCC.CCCCCCCC. The minimum Gasteiger partial charge on any atom is -0.0654 e. The molecule has 0 unspecified atom stereocenters. The molecule has 0 aromatic heterocycles. The third kappa shape index (κ3) is 28.8. The van der Waals surface area contributed by atoms with Crippen LogP contribution in [0.4, 0.5) is 0 Å². The van der Waals surface area contributed by atoms with Gasteiger partial charge in [0.05, 0.1) is 0 Å². The molecule has 0 N–H and O–H groups in total. The molecular formula is C21H46. The molecule has 1 saturated carbocycles. The lowest BCUT2D eigenvalue weighted by Gasteiger charge is -2.05. The Bertz CT molecular complexity index is 113. The van der Waals surface area contributed by atoms with Crippen LogP contribution in [0.2, 0.25) is 0 Å². The molecule has 0 aromatic rings. The lowest BCUT2D eigenvalue weighted by atomic mass is 10.0. The zero-order chi connectivity index (χ0) is 16.0. The van der Waals surface area contributed by atoms with Gasteiger partial charge in [-0.1, -0.05) is 137 Å². The van der Waals surface area contributed by atoms with Crippen molar-refractivity contribution in [3.05, 3.63) is 0 Å². The van der Waals surface area contributed by atoms with Gasteiger partial charge in [0.1, 0.15) is 0 Å². The highest BCUT2D eigenvalue weighted by atomic mass is 14.0. The number of hydrogen-bond donors (Lipinski definition) is 0. The van der Waals surface area contributed by atoms with Gasteiger partial charge >= 0.3 is 0 Å². The van der Waals surface area contributed by atoms with Crippen LogP contribution in [-0.2, 0) is 0 Å². The van der Waals surface area contributed by atoms with E-state index < -0.39 is 0 Å². The fourth-order valence-corrected chi connectivity index (χ4v) is 2.59. The monoisotopic (exact) mass is 298 g/mol. The van der Waals surface area contributed by atoms with Gasteiger partial charge in [-0.2, -0.15) is 0 Å². The summed E-state index contributed by atoms with van der Waals surface area (Å²) in [5.74, 6) is 0.